The van der Waals surface area contributed by atoms with Crippen molar-refractivity contribution in [2.75, 3.05) is 20.6 Å². The highest BCUT2D eigenvalue weighted by Crippen LogP contribution is 2.38. The molecular formula is C32H27F5N2O5S. The van der Waals surface area contributed by atoms with Crippen molar-refractivity contribution >= 4 is 39.3 Å². The van der Waals surface area contributed by atoms with Gasteiger partial charge in [0.25, 0.3) is 5.91 Å². The molecule has 3 aromatic carbocycles. The fourth-order valence-corrected chi connectivity index (χ4v) is 6.43. The van der Waals surface area contributed by atoms with Crippen LogP contribution in [0, 0.1) is 11.6 Å². The molecule has 1 amide bonds. The summed E-state index contributed by atoms with van der Waals surface area (Å²) in [6, 6.07) is 14.8. The van der Waals surface area contributed by atoms with E-state index in [9.17, 15) is 36.3 Å². The molecule has 1 fully saturated rings. The number of nitrogens with zero attached hydrogens (tertiary/aromatic N) is 2. The van der Waals surface area contributed by atoms with Gasteiger partial charge in [-0.05, 0) is 74.5 Å². The van der Waals surface area contributed by atoms with Crippen LogP contribution in [-0.4, -0.2) is 60.5 Å². The van der Waals surface area contributed by atoms with Crippen molar-refractivity contribution in [1.82, 2.24) is 9.80 Å². The fourth-order valence-electron chi connectivity index (χ4n) is 5.12. The maximum atomic E-state index is 14.6. The van der Waals surface area contributed by atoms with E-state index in [0.717, 1.165) is 9.78 Å². The predicted octanol–water partition coefficient (Wildman–Crippen LogP) is 6.72. The average molecular weight is 647 g/mol. The molecule has 0 aliphatic carbocycles. The highest BCUT2D eigenvalue weighted by atomic mass is 32.1. The number of esters is 2. The van der Waals surface area contributed by atoms with Crippen molar-refractivity contribution in [2.24, 2.45) is 0 Å². The molecule has 1 atom stereocenters. The fraction of sp³-hybridized carbons (Fsp3) is 0.281. The van der Waals surface area contributed by atoms with Crippen molar-refractivity contribution < 1.29 is 45.8 Å². The van der Waals surface area contributed by atoms with Gasteiger partial charge in [-0.25, -0.2) is 18.4 Å². The Kier molecular flexibility index (Phi) is 9.21. The number of benzene rings is 3. The molecule has 7 nitrogen and oxygen atoms in total. The van der Waals surface area contributed by atoms with Crippen LogP contribution >= 0.6 is 11.3 Å². The molecule has 1 aromatic heterocycles. The first-order valence-corrected chi connectivity index (χ1v) is 14.6. The second-order valence-corrected chi connectivity index (χ2v) is 11.9. The number of amides is 1. The summed E-state index contributed by atoms with van der Waals surface area (Å²) < 4.78 is 77.1. The topological polar surface area (TPSA) is 76.2 Å². The predicted molar refractivity (Wildman–Crippen MR) is 157 cm³/mol. The molecule has 13 heteroatoms. The number of fused-ring (bicyclic) bond motifs is 1. The van der Waals surface area contributed by atoms with Crippen molar-refractivity contribution in [3.05, 3.63) is 88.3 Å². The lowest BCUT2D eigenvalue weighted by molar-refractivity contribution is -0.203. The molecular weight excluding hydrogens is 619 g/mol. The Morgan fingerprint density at radius 3 is 2.44 bits per heavy atom. The van der Waals surface area contributed by atoms with Gasteiger partial charge >= 0.3 is 18.1 Å². The Hall–Kier alpha value is -4.36. The van der Waals surface area contributed by atoms with E-state index < -0.39 is 41.7 Å². The van der Waals surface area contributed by atoms with E-state index in [4.69, 9.17) is 4.74 Å². The number of rotatable bonds is 8. The molecule has 0 N–H and O–H groups in total. The molecule has 1 aliphatic rings. The van der Waals surface area contributed by atoms with Crippen LogP contribution in [0.2, 0.25) is 0 Å². The number of halogens is 5. The van der Waals surface area contributed by atoms with Crippen LogP contribution < -0.4 is 4.74 Å². The largest absolute Gasteiger partial charge is 0.491 e. The zero-order valence-electron chi connectivity index (χ0n) is 24.1. The van der Waals surface area contributed by atoms with E-state index in [2.05, 4.69) is 4.74 Å². The van der Waals surface area contributed by atoms with Gasteiger partial charge < -0.3 is 19.3 Å². The number of carbonyl (C=O) groups excluding carboxylic acids is 3. The second kappa shape index (κ2) is 12.9. The van der Waals surface area contributed by atoms with Gasteiger partial charge in [0.15, 0.2) is 11.6 Å². The number of alkyl halides is 3. The van der Waals surface area contributed by atoms with E-state index in [-0.39, 0.29) is 30.5 Å². The first kappa shape index (κ1) is 32.0. The van der Waals surface area contributed by atoms with Gasteiger partial charge in [-0.1, -0.05) is 24.3 Å². The maximum Gasteiger partial charge on any atom is 0.491 e. The first-order chi connectivity index (χ1) is 21.3. The maximum absolute atomic E-state index is 14.6. The summed E-state index contributed by atoms with van der Waals surface area (Å²) in [5, 5.41) is 0.230. The van der Waals surface area contributed by atoms with E-state index >= 15 is 0 Å². The lowest BCUT2D eigenvalue weighted by Crippen LogP contribution is -2.43. The Labute approximate surface area is 258 Å². The molecule has 236 valence electrons. The first-order valence-electron chi connectivity index (χ1n) is 13.8. The number of hydrogen-bond acceptors (Lipinski definition) is 7. The molecule has 0 unspecified atom stereocenters. The summed E-state index contributed by atoms with van der Waals surface area (Å²) in [7, 11) is 3.79. The highest BCUT2D eigenvalue weighted by Gasteiger charge is 2.45. The minimum Gasteiger partial charge on any atom is -0.489 e. The lowest BCUT2D eigenvalue weighted by Gasteiger charge is -2.23. The molecule has 2 heterocycles. The van der Waals surface area contributed by atoms with Crippen LogP contribution in [0.25, 0.3) is 21.2 Å². The summed E-state index contributed by atoms with van der Waals surface area (Å²) in [6.07, 6.45) is -4.91. The van der Waals surface area contributed by atoms with Gasteiger partial charge in [-0.2, -0.15) is 13.2 Å². The van der Waals surface area contributed by atoms with Gasteiger partial charge in [-0.15, -0.1) is 11.3 Å². The van der Waals surface area contributed by atoms with E-state index in [1.54, 1.807) is 48.5 Å². The SMILES string of the molecule is CN(C)Cc1cc2c(F)c(F)cc(-c3ccc(OCc4cccc(C(=O)N5CCC[C@H]5C(=O)OC(=O)C(F)(F)F)c4)cc3)c2s1. The third kappa shape index (κ3) is 7.15. The molecule has 1 saturated heterocycles. The van der Waals surface area contributed by atoms with Gasteiger partial charge in [0.2, 0.25) is 0 Å². The summed E-state index contributed by atoms with van der Waals surface area (Å²) in [5.41, 5.74) is 2.02. The highest BCUT2D eigenvalue weighted by molar-refractivity contribution is 7.19. The minimum absolute atomic E-state index is 0.0558. The van der Waals surface area contributed by atoms with Gasteiger partial charge in [0, 0.05) is 39.2 Å². The second-order valence-electron chi connectivity index (χ2n) is 10.8. The Bertz CT molecular complexity index is 1750. The number of likely N-dealkylation sites (tertiary alicyclic amines) is 1. The zero-order valence-corrected chi connectivity index (χ0v) is 24.9. The van der Waals surface area contributed by atoms with Gasteiger partial charge in [-0.3, -0.25) is 4.79 Å². The lowest BCUT2D eigenvalue weighted by atomic mass is 10.0. The summed E-state index contributed by atoms with van der Waals surface area (Å²) >= 11 is 1.40. The minimum atomic E-state index is -5.33. The van der Waals surface area contributed by atoms with Crippen LogP contribution in [0.15, 0.2) is 60.7 Å². The summed E-state index contributed by atoms with van der Waals surface area (Å²) in [6.45, 7) is 0.756. The normalized spacial score (nSPS) is 15.1. The van der Waals surface area contributed by atoms with Crippen LogP contribution in [-0.2, 0) is 27.5 Å². The van der Waals surface area contributed by atoms with Crippen LogP contribution in [0.4, 0.5) is 22.0 Å². The smallest absolute Gasteiger partial charge is 0.489 e. The third-order valence-electron chi connectivity index (χ3n) is 7.17. The van der Waals surface area contributed by atoms with Crippen molar-refractivity contribution in [3.8, 4) is 16.9 Å². The van der Waals surface area contributed by atoms with Crippen molar-refractivity contribution in [2.45, 2.75) is 38.2 Å². The molecule has 0 bridgehead atoms. The number of carbonyl (C=O) groups is 3. The van der Waals surface area contributed by atoms with Crippen LogP contribution in [0.3, 0.4) is 0 Å². The molecule has 1 aliphatic heterocycles. The van der Waals surface area contributed by atoms with Crippen LogP contribution in [0.5, 0.6) is 5.75 Å². The van der Waals surface area contributed by atoms with Crippen molar-refractivity contribution in [3.63, 3.8) is 0 Å². The Morgan fingerprint density at radius 2 is 1.76 bits per heavy atom. The van der Waals surface area contributed by atoms with Gasteiger partial charge in [0.1, 0.15) is 18.4 Å². The monoisotopic (exact) mass is 646 g/mol. The third-order valence-corrected chi connectivity index (χ3v) is 8.33. The average Bonchev–Trinajstić information content (AvgIpc) is 3.65. The van der Waals surface area contributed by atoms with Crippen LogP contribution in [0.1, 0.15) is 33.6 Å². The zero-order chi connectivity index (χ0) is 32.5. The molecule has 45 heavy (non-hydrogen) atoms. The van der Waals surface area contributed by atoms with Gasteiger partial charge in [0.05, 0.1) is 0 Å². The Balaban J connectivity index is 1.26. The molecule has 0 spiro atoms. The molecule has 5 rings (SSSR count). The number of thiophene rings is 1. The molecule has 0 radical (unpaired) electrons. The standard InChI is InChI=1S/C32H27F5N2O5S/c1-38(2)16-22-14-24-27(34)25(33)15-23(28(24)45-22)19-8-10-21(11-9-19)43-17-18-5-3-6-20(13-18)29(40)39-12-4-7-26(39)30(41)44-31(42)32(35,36)37/h3,5-6,8-11,13-15,26H,4,7,12,16-17H2,1-2H3/t26-/m0/s1. The molecule has 4 aromatic rings. The van der Waals surface area contributed by atoms with E-state index in [1.807, 2.05) is 19.0 Å². The van der Waals surface area contributed by atoms with E-state index in [1.165, 1.54) is 23.5 Å². The summed E-state index contributed by atoms with van der Waals surface area (Å²) in [4.78, 5) is 40.4. The number of ether oxygens (including phenoxy) is 2. The quantitative estimate of drug-likeness (QED) is 0.120. The molecule has 0 saturated carbocycles. The summed E-state index contributed by atoms with van der Waals surface area (Å²) in [5.74, 6) is -5.99. The van der Waals surface area contributed by atoms with Crippen molar-refractivity contribution in [1.29, 1.82) is 0 Å². The Morgan fingerprint density at radius 1 is 1.02 bits per heavy atom. The van der Waals surface area contributed by atoms with E-state index in [0.29, 0.717) is 40.1 Å². The number of hydrogen-bond donors (Lipinski definition) is 0.